The molecule has 0 unspecified atom stereocenters. The summed E-state index contributed by atoms with van der Waals surface area (Å²) in [7, 11) is 0. The first kappa shape index (κ1) is 16.7. The largest absolute Gasteiger partial charge is 0.349 e. The number of rotatable bonds is 5. The number of carbonyl (C=O) groups excluding carboxylic acids is 1. The van der Waals surface area contributed by atoms with Crippen molar-refractivity contribution >= 4 is 17.5 Å². The molecule has 0 saturated carbocycles. The molecule has 126 valence electrons. The molecule has 2 heterocycles. The SMILES string of the molecule is O=C(NC[C@@H](c1cccc(Cl)c1)N1CCCC1)c1ccc(=O)[nH]n1. The Labute approximate surface area is 144 Å². The van der Waals surface area contributed by atoms with E-state index in [1.165, 1.54) is 12.1 Å². The zero-order valence-electron chi connectivity index (χ0n) is 13.2. The number of carbonyl (C=O) groups is 1. The smallest absolute Gasteiger partial charge is 0.271 e. The fourth-order valence-corrected chi connectivity index (χ4v) is 3.17. The van der Waals surface area contributed by atoms with Crippen molar-refractivity contribution in [3.8, 4) is 0 Å². The predicted octanol–water partition coefficient (Wildman–Crippen LogP) is 1.99. The maximum atomic E-state index is 12.2. The number of nitrogens with one attached hydrogen (secondary N) is 2. The summed E-state index contributed by atoms with van der Waals surface area (Å²) in [6, 6.07) is 10.5. The van der Waals surface area contributed by atoms with Crippen LogP contribution in [0.3, 0.4) is 0 Å². The van der Waals surface area contributed by atoms with Crippen molar-refractivity contribution in [1.29, 1.82) is 0 Å². The van der Waals surface area contributed by atoms with Crippen LogP contribution in [-0.4, -0.2) is 40.6 Å². The van der Waals surface area contributed by atoms with Gasteiger partial charge in [0.1, 0.15) is 5.69 Å². The van der Waals surface area contributed by atoms with Crippen molar-refractivity contribution in [2.24, 2.45) is 0 Å². The molecule has 1 aromatic carbocycles. The molecule has 0 bridgehead atoms. The number of halogens is 1. The minimum atomic E-state index is -0.333. The maximum absolute atomic E-state index is 12.2. The van der Waals surface area contributed by atoms with Crippen molar-refractivity contribution in [1.82, 2.24) is 20.4 Å². The minimum absolute atomic E-state index is 0.0675. The molecule has 1 fully saturated rings. The Kier molecular flexibility index (Phi) is 5.27. The molecule has 1 aliphatic rings. The molecule has 1 amide bonds. The molecule has 1 atom stereocenters. The van der Waals surface area contributed by atoms with Gasteiger partial charge >= 0.3 is 0 Å². The van der Waals surface area contributed by atoms with Crippen LogP contribution in [0, 0.1) is 0 Å². The van der Waals surface area contributed by atoms with Crippen LogP contribution in [0.2, 0.25) is 5.02 Å². The number of amides is 1. The predicted molar refractivity (Wildman–Crippen MR) is 92.2 cm³/mol. The van der Waals surface area contributed by atoms with Gasteiger partial charge in [0, 0.05) is 17.6 Å². The van der Waals surface area contributed by atoms with Crippen LogP contribution < -0.4 is 10.9 Å². The number of aromatic nitrogens is 2. The van der Waals surface area contributed by atoms with Gasteiger partial charge in [-0.05, 0) is 49.7 Å². The average Bonchev–Trinajstić information content (AvgIpc) is 3.10. The molecule has 6 nitrogen and oxygen atoms in total. The van der Waals surface area contributed by atoms with E-state index in [-0.39, 0.29) is 23.2 Å². The number of likely N-dealkylation sites (tertiary alicyclic amines) is 1. The Morgan fingerprint density at radius 1 is 1.29 bits per heavy atom. The van der Waals surface area contributed by atoms with Gasteiger partial charge in [-0.3, -0.25) is 14.5 Å². The molecular formula is C17H19ClN4O2. The van der Waals surface area contributed by atoms with Crippen LogP contribution in [0.1, 0.15) is 34.9 Å². The van der Waals surface area contributed by atoms with Crippen molar-refractivity contribution in [3.63, 3.8) is 0 Å². The first-order valence-electron chi connectivity index (χ1n) is 7.97. The number of hydrogen-bond donors (Lipinski definition) is 2. The Hall–Kier alpha value is -2.18. The Morgan fingerprint density at radius 3 is 2.75 bits per heavy atom. The van der Waals surface area contributed by atoms with Gasteiger partial charge in [-0.2, -0.15) is 5.10 Å². The van der Waals surface area contributed by atoms with Crippen LogP contribution in [0.25, 0.3) is 0 Å². The first-order valence-corrected chi connectivity index (χ1v) is 8.35. The van der Waals surface area contributed by atoms with Gasteiger partial charge in [0.15, 0.2) is 0 Å². The van der Waals surface area contributed by atoms with Crippen molar-refractivity contribution < 1.29 is 4.79 Å². The molecule has 24 heavy (non-hydrogen) atoms. The van der Waals surface area contributed by atoms with E-state index in [1.54, 1.807) is 0 Å². The number of benzene rings is 1. The minimum Gasteiger partial charge on any atom is -0.349 e. The highest BCUT2D eigenvalue weighted by atomic mass is 35.5. The van der Waals surface area contributed by atoms with E-state index < -0.39 is 0 Å². The van der Waals surface area contributed by atoms with Crippen molar-refractivity contribution in [2.75, 3.05) is 19.6 Å². The highest BCUT2D eigenvalue weighted by Gasteiger charge is 2.24. The standard InChI is InChI=1S/C17H19ClN4O2/c18-13-5-3-4-12(10-13)15(22-8-1-2-9-22)11-19-17(24)14-6-7-16(23)21-20-14/h3-7,10,15H,1-2,8-9,11H2,(H,19,24)(H,21,23)/t15-/m0/s1. The summed E-state index contributed by atoms with van der Waals surface area (Å²) >= 11 is 6.12. The quantitative estimate of drug-likeness (QED) is 0.868. The number of aromatic amines is 1. The normalized spacial score (nSPS) is 16.0. The van der Waals surface area contributed by atoms with Crippen molar-refractivity contribution in [3.05, 3.63) is 63.0 Å². The van der Waals surface area contributed by atoms with E-state index in [9.17, 15) is 9.59 Å². The fraction of sp³-hybridized carbons (Fsp3) is 0.353. The van der Waals surface area contributed by atoms with Gasteiger partial charge in [0.25, 0.3) is 11.5 Å². The van der Waals surface area contributed by atoms with Gasteiger partial charge in [0.05, 0.1) is 6.04 Å². The molecule has 1 aliphatic heterocycles. The van der Waals surface area contributed by atoms with Gasteiger partial charge in [-0.15, -0.1) is 0 Å². The summed E-state index contributed by atoms with van der Waals surface area (Å²) in [4.78, 5) is 25.6. The Balaban J connectivity index is 1.73. The summed E-state index contributed by atoms with van der Waals surface area (Å²) < 4.78 is 0. The van der Waals surface area contributed by atoms with Crippen LogP contribution in [0.15, 0.2) is 41.2 Å². The third kappa shape index (κ3) is 4.01. The van der Waals surface area contributed by atoms with Gasteiger partial charge in [-0.1, -0.05) is 23.7 Å². The lowest BCUT2D eigenvalue weighted by Crippen LogP contribution is -2.37. The van der Waals surface area contributed by atoms with Crippen LogP contribution in [-0.2, 0) is 0 Å². The molecule has 3 rings (SSSR count). The highest BCUT2D eigenvalue weighted by molar-refractivity contribution is 6.30. The Bertz CT molecular complexity index is 751. The van der Waals surface area contributed by atoms with E-state index >= 15 is 0 Å². The second kappa shape index (κ2) is 7.59. The lowest BCUT2D eigenvalue weighted by atomic mass is 10.1. The first-order chi connectivity index (χ1) is 11.6. The third-order valence-electron chi connectivity index (χ3n) is 4.18. The lowest BCUT2D eigenvalue weighted by molar-refractivity contribution is 0.0932. The lowest BCUT2D eigenvalue weighted by Gasteiger charge is -2.28. The summed E-state index contributed by atoms with van der Waals surface area (Å²) in [5.41, 5.74) is 0.945. The van der Waals surface area contributed by atoms with E-state index in [1.807, 2.05) is 24.3 Å². The Morgan fingerprint density at radius 2 is 2.08 bits per heavy atom. The second-order valence-electron chi connectivity index (χ2n) is 5.83. The second-order valence-corrected chi connectivity index (χ2v) is 6.27. The molecule has 0 spiro atoms. The number of nitrogens with zero attached hydrogens (tertiary/aromatic N) is 2. The molecular weight excluding hydrogens is 328 g/mol. The topological polar surface area (TPSA) is 78.1 Å². The average molecular weight is 347 g/mol. The molecule has 2 aromatic rings. The molecule has 0 radical (unpaired) electrons. The molecule has 0 aliphatic carbocycles. The van der Waals surface area contributed by atoms with E-state index in [0.29, 0.717) is 11.6 Å². The van der Waals surface area contributed by atoms with E-state index in [2.05, 4.69) is 20.4 Å². The summed E-state index contributed by atoms with van der Waals surface area (Å²) in [5.74, 6) is -0.308. The summed E-state index contributed by atoms with van der Waals surface area (Å²) in [5, 5.41) is 9.62. The van der Waals surface area contributed by atoms with Crippen LogP contribution >= 0.6 is 11.6 Å². The maximum Gasteiger partial charge on any atom is 0.271 e. The monoisotopic (exact) mass is 346 g/mol. The van der Waals surface area contributed by atoms with Gasteiger partial charge in [0.2, 0.25) is 0 Å². The zero-order valence-corrected chi connectivity index (χ0v) is 13.9. The highest BCUT2D eigenvalue weighted by Crippen LogP contribution is 2.26. The molecule has 2 N–H and O–H groups in total. The number of hydrogen-bond acceptors (Lipinski definition) is 4. The van der Waals surface area contributed by atoms with Gasteiger partial charge in [-0.25, -0.2) is 5.10 Å². The fourth-order valence-electron chi connectivity index (χ4n) is 2.98. The van der Waals surface area contributed by atoms with E-state index in [0.717, 1.165) is 31.5 Å². The molecule has 1 aromatic heterocycles. The van der Waals surface area contributed by atoms with Crippen LogP contribution in [0.4, 0.5) is 0 Å². The van der Waals surface area contributed by atoms with E-state index in [4.69, 9.17) is 11.6 Å². The summed E-state index contributed by atoms with van der Waals surface area (Å²) in [6.07, 6.45) is 2.32. The van der Waals surface area contributed by atoms with Crippen LogP contribution in [0.5, 0.6) is 0 Å². The number of H-pyrrole nitrogens is 1. The third-order valence-corrected chi connectivity index (χ3v) is 4.42. The van der Waals surface area contributed by atoms with Gasteiger partial charge < -0.3 is 5.32 Å². The van der Waals surface area contributed by atoms with Crippen molar-refractivity contribution in [2.45, 2.75) is 18.9 Å². The molecule has 1 saturated heterocycles. The zero-order chi connectivity index (χ0) is 16.9. The summed E-state index contributed by atoms with van der Waals surface area (Å²) in [6.45, 7) is 2.47. The molecule has 7 heteroatoms.